The summed E-state index contributed by atoms with van der Waals surface area (Å²) in [7, 11) is 0. The van der Waals surface area contributed by atoms with Gasteiger partial charge < -0.3 is 25.4 Å². The molecular weight excluding hydrogens is 458 g/mol. The number of phenolic OH excluding ortho intramolecular Hbond substituents is 1. The van der Waals surface area contributed by atoms with E-state index in [-0.39, 0.29) is 23.5 Å². The Morgan fingerprint density at radius 3 is 2.00 bits per heavy atom. The fourth-order valence-electron chi connectivity index (χ4n) is 3.75. The predicted octanol–water partition coefficient (Wildman–Crippen LogP) is 5.22. The number of ether oxygens (including phenoxy) is 1. The van der Waals surface area contributed by atoms with Gasteiger partial charge in [0.15, 0.2) is 0 Å². The number of aromatic hydroxyl groups is 1. The summed E-state index contributed by atoms with van der Waals surface area (Å²) in [5.41, 5.74) is -0.850. The Morgan fingerprint density at radius 2 is 1.58 bits per heavy atom. The standard InChI is InChI=1S/C28H47N3O5/c1-13-28(11,12)31(24(34)21(17(2)3)29-25(35)36-27(8,9)10)22(23(33)30-26(5,6)7)19-14-15-20(32)18(4)16-19/h14-17,21-22,32H,13H2,1-12H3,(H,29,35)(H,30,33). The second kappa shape index (κ2) is 11.5. The van der Waals surface area contributed by atoms with Crippen molar-refractivity contribution in [3.05, 3.63) is 29.3 Å². The lowest BCUT2D eigenvalue weighted by atomic mass is 9.89. The van der Waals surface area contributed by atoms with Crippen molar-refractivity contribution in [3.63, 3.8) is 0 Å². The Labute approximate surface area is 217 Å². The highest BCUT2D eigenvalue weighted by molar-refractivity contribution is 5.93. The summed E-state index contributed by atoms with van der Waals surface area (Å²) >= 11 is 0. The number of rotatable bonds is 8. The smallest absolute Gasteiger partial charge is 0.408 e. The number of phenols is 1. The molecule has 0 spiro atoms. The number of alkyl carbamates (subject to hydrolysis) is 1. The molecule has 0 heterocycles. The highest BCUT2D eigenvalue weighted by atomic mass is 16.6. The Bertz CT molecular complexity index is 941. The van der Waals surface area contributed by atoms with Crippen LogP contribution < -0.4 is 10.6 Å². The third kappa shape index (κ3) is 8.71. The number of nitrogens with one attached hydrogen (secondary N) is 2. The Morgan fingerprint density at radius 1 is 1.03 bits per heavy atom. The molecule has 204 valence electrons. The normalized spacial score (nSPS) is 14.1. The lowest BCUT2D eigenvalue weighted by Gasteiger charge is -2.45. The molecule has 0 saturated carbocycles. The van der Waals surface area contributed by atoms with E-state index in [2.05, 4.69) is 10.6 Å². The zero-order chi connectivity index (χ0) is 28.2. The molecule has 1 rings (SSSR count). The molecule has 0 saturated heterocycles. The van der Waals surface area contributed by atoms with E-state index < -0.39 is 34.9 Å². The summed E-state index contributed by atoms with van der Waals surface area (Å²) in [5.74, 6) is -0.897. The van der Waals surface area contributed by atoms with Crippen LogP contribution in [0.15, 0.2) is 18.2 Å². The number of amides is 3. The Hall–Kier alpha value is -2.77. The van der Waals surface area contributed by atoms with Crippen molar-refractivity contribution in [3.8, 4) is 5.75 Å². The molecule has 1 aromatic carbocycles. The van der Waals surface area contributed by atoms with E-state index in [9.17, 15) is 19.5 Å². The maximum Gasteiger partial charge on any atom is 0.408 e. The molecule has 2 unspecified atom stereocenters. The number of aryl methyl sites for hydroxylation is 1. The number of carbonyl (C=O) groups is 3. The molecule has 1 aromatic rings. The first-order chi connectivity index (χ1) is 16.2. The summed E-state index contributed by atoms with van der Waals surface area (Å²) < 4.78 is 5.42. The molecular formula is C28H47N3O5. The molecule has 0 aromatic heterocycles. The number of nitrogens with zero attached hydrogens (tertiary/aromatic N) is 1. The molecule has 0 fully saturated rings. The first-order valence-corrected chi connectivity index (χ1v) is 12.6. The van der Waals surface area contributed by atoms with Crippen molar-refractivity contribution in [1.29, 1.82) is 0 Å². The van der Waals surface area contributed by atoms with Crippen LogP contribution in [-0.2, 0) is 14.3 Å². The predicted molar refractivity (Wildman–Crippen MR) is 143 cm³/mol. The van der Waals surface area contributed by atoms with Crippen LogP contribution in [0.2, 0.25) is 0 Å². The highest BCUT2D eigenvalue weighted by Gasteiger charge is 2.44. The van der Waals surface area contributed by atoms with Gasteiger partial charge in [-0.25, -0.2) is 4.79 Å². The summed E-state index contributed by atoms with van der Waals surface area (Å²) in [4.78, 5) is 42.3. The van der Waals surface area contributed by atoms with Gasteiger partial charge in [0, 0.05) is 11.1 Å². The molecule has 0 bridgehead atoms. The monoisotopic (exact) mass is 505 g/mol. The van der Waals surface area contributed by atoms with Gasteiger partial charge in [0.25, 0.3) is 0 Å². The summed E-state index contributed by atoms with van der Waals surface area (Å²) in [6, 6.07) is 3.00. The third-order valence-electron chi connectivity index (χ3n) is 5.90. The van der Waals surface area contributed by atoms with Crippen LogP contribution in [0.3, 0.4) is 0 Å². The SMILES string of the molecule is CCC(C)(C)N(C(=O)C(NC(=O)OC(C)(C)C)C(C)C)C(C(=O)NC(C)(C)C)c1ccc(O)c(C)c1. The third-order valence-corrected chi connectivity index (χ3v) is 5.90. The van der Waals surface area contributed by atoms with Crippen LogP contribution >= 0.6 is 0 Å². The van der Waals surface area contributed by atoms with Crippen LogP contribution in [-0.4, -0.2) is 50.6 Å². The first-order valence-electron chi connectivity index (χ1n) is 12.6. The van der Waals surface area contributed by atoms with E-state index in [1.54, 1.807) is 44.7 Å². The van der Waals surface area contributed by atoms with E-state index in [1.807, 2.05) is 55.4 Å². The first kappa shape index (κ1) is 31.3. The average molecular weight is 506 g/mol. The quantitative estimate of drug-likeness (QED) is 0.449. The summed E-state index contributed by atoms with van der Waals surface area (Å²) in [5, 5.41) is 15.9. The van der Waals surface area contributed by atoms with Crippen LogP contribution in [0.5, 0.6) is 5.75 Å². The van der Waals surface area contributed by atoms with Crippen molar-refractivity contribution in [2.45, 2.75) is 118 Å². The zero-order valence-corrected chi connectivity index (χ0v) is 24.2. The number of benzene rings is 1. The maximum absolute atomic E-state index is 14.3. The lowest BCUT2D eigenvalue weighted by molar-refractivity contribution is -0.150. The van der Waals surface area contributed by atoms with E-state index in [4.69, 9.17) is 4.74 Å². The van der Waals surface area contributed by atoms with E-state index in [0.717, 1.165) is 0 Å². The molecule has 0 aliphatic heterocycles. The van der Waals surface area contributed by atoms with Crippen LogP contribution in [0.25, 0.3) is 0 Å². The summed E-state index contributed by atoms with van der Waals surface area (Å²) in [6.07, 6.45) is -0.133. The van der Waals surface area contributed by atoms with Crippen molar-refractivity contribution in [2.24, 2.45) is 5.92 Å². The van der Waals surface area contributed by atoms with E-state index in [1.165, 1.54) is 6.07 Å². The van der Waals surface area contributed by atoms with Gasteiger partial charge in [-0.2, -0.15) is 0 Å². The van der Waals surface area contributed by atoms with Crippen LogP contribution in [0.1, 0.15) is 99.8 Å². The Balaban J connectivity index is 3.71. The maximum atomic E-state index is 14.3. The van der Waals surface area contributed by atoms with Gasteiger partial charge in [0.05, 0.1) is 0 Å². The summed E-state index contributed by atoms with van der Waals surface area (Å²) in [6.45, 7) is 22.1. The van der Waals surface area contributed by atoms with Crippen molar-refractivity contribution in [1.82, 2.24) is 15.5 Å². The molecule has 36 heavy (non-hydrogen) atoms. The zero-order valence-electron chi connectivity index (χ0n) is 24.2. The number of hydrogen-bond acceptors (Lipinski definition) is 5. The highest BCUT2D eigenvalue weighted by Crippen LogP contribution is 2.34. The van der Waals surface area contributed by atoms with Gasteiger partial charge in [-0.1, -0.05) is 26.8 Å². The van der Waals surface area contributed by atoms with Gasteiger partial charge in [0.1, 0.15) is 23.4 Å². The minimum Gasteiger partial charge on any atom is -0.508 e. The van der Waals surface area contributed by atoms with E-state index in [0.29, 0.717) is 17.5 Å². The van der Waals surface area contributed by atoms with Crippen molar-refractivity contribution in [2.75, 3.05) is 0 Å². The molecule has 3 N–H and O–H groups in total. The largest absolute Gasteiger partial charge is 0.508 e. The lowest BCUT2D eigenvalue weighted by Crippen LogP contribution is -2.61. The van der Waals surface area contributed by atoms with E-state index >= 15 is 0 Å². The van der Waals surface area contributed by atoms with Crippen LogP contribution in [0.4, 0.5) is 4.79 Å². The molecule has 8 heteroatoms. The molecule has 2 atom stereocenters. The van der Waals surface area contributed by atoms with Crippen molar-refractivity contribution < 1.29 is 24.2 Å². The molecule has 0 radical (unpaired) electrons. The van der Waals surface area contributed by atoms with Gasteiger partial charge in [-0.05, 0) is 97.9 Å². The van der Waals surface area contributed by atoms with Gasteiger partial charge in [-0.3, -0.25) is 9.59 Å². The second-order valence-electron chi connectivity index (χ2n) is 12.4. The van der Waals surface area contributed by atoms with Gasteiger partial charge in [0.2, 0.25) is 11.8 Å². The number of hydrogen-bond donors (Lipinski definition) is 3. The van der Waals surface area contributed by atoms with Gasteiger partial charge in [-0.15, -0.1) is 0 Å². The molecule has 0 aliphatic rings. The minimum atomic E-state index is -0.993. The molecule has 3 amide bonds. The van der Waals surface area contributed by atoms with Gasteiger partial charge >= 0.3 is 6.09 Å². The second-order valence-corrected chi connectivity index (χ2v) is 12.4. The minimum absolute atomic E-state index is 0.105. The Kier molecular flexibility index (Phi) is 10.0. The average Bonchev–Trinajstić information content (AvgIpc) is 2.68. The molecule has 0 aliphatic carbocycles. The number of carbonyl (C=O) groups excluding carboxylic acids is 3. The van der Waals surface area contributed by atoms with Crippen molar-refractivity contribution >= 4 is 17.9 Å². The molecule has 8 nitrogen and oxygen atoms in total. The fraction of sp³-hybridized carbons (Fsp3) is 0.679. The fourth-order valence-corrected chi connectivity index (χ4v) is 3.75. The van der Waals surface area contributed by atoms with Crippen LogP contribution in [0, 0.1) is 12.8 Å². The topological polar surface area (TPSA) is 108 Å².